The van der Waals surface area contributed by atoms with Gasteiger partial charge in [0.15, 0.2) is 0 Å². The van der Waals surface area contributed by atoms with Crippen LogP contribution in [-0.4, -0.2) is 14.1 Å². The summed E-state index contributed by atoms with van der Waals surface area (Å²) < 4.78 is 4.17. The lowest BCUT2D eigenvalue weighted by Crippen LogP contribution is -1.92. The zero-order valence-electron chi connectivity index (χ0n) is 14.9. The number of benzene rings is 2. The summed E-state index contributed by atoms with van der Waals surface area (Å²) in [6.45, 7) is 5.96. The van der Waals surface area contributed by atoms with Gasteiger partial charge in [0, 0.05) is 48.7 Å². The predicted octanol–water partition coefficient (Wildman–Crippen LogP) is 4.81. The number of hydrogen-bond acceptors (Lipinski definition) is 3. The summed E-state index contributed by atoms with van der Waals surface area (Å²) in [4.78, 5) is 10.2. The van der Waals surface area contributed by atoms with Gasteiger partial charge in [-0.1, -0.05) is 6.07 Å². The molecule has 0 bridgehead atoms. The molecule has 4 aromatic rings. The van der Waals surface area contributed by atoms with Crippen molar-refractivity contribution < 1.29 is 4.92 Å². The Morgan fingerprint density at radius 1 is 0.885 bits per heavy atom. The summed E-state index contributed by atoms with van der Waals surface area (Å²) in [5.74, 6) is 0. The van der Waals surface area contributed by atoms with E-state index in [0.717, 1.165) is 29.7 Å². The highest BCUT2D eigenvalue weighted by Crippen LogP contribution is 2.21. The van der Waals surface area contributed by atoms with Crippen LogP contribution in [0.2, 0.25) is 0 Å². The topological polar surface area (TPSA) is 79.0 Å². The van der Waals surface area contributed by atoms with Crippen molar-refractivity contribution in [3.63, 3.8) is 0 Å². The number of rotatable bonds is 3. The van der Waals surface area contributed by atoms with Crippen LogP contribution in [0.1, 0.15) is 13.8 Å². The molecule has 0 unspecified atom stereocenters. The summed E-state index contributed by atoms with van der Waals surface area (Å²) in [5, 5.41) is 12.9. The van der Waals surface area contributed by atoms with Gasteiger partial charge >= 0.3 is 0 Å². The van der Waals surface area contributed by atoms with Gasteiger partial charge in [-0.25, -0.2) is 0 Å². The molecule has 0 radical (unpaired) electrons. The molecule has 0 atom stereocenters. The number of nitrogen functional groups attached to an aromatic ring is 1. The first kappa shape index (κ1) is 17.5. The van der Waals surface area contributed by atoms with Crippen molar-refractivity contribution in [3.05, 3.63) is 71.0 Å². The Kier molecular flexibility index (Phi) is 4.93. The molecule has 0 spiro atoms. The van der Waals surface area contributed by atoms with Gasteiger partial charge in [0.1, 0.15) is 0 Å². The van der Waals surface area contributed by atoms with Gasteiger partial charge in [0.2, 0.25) is 0 Å². The first-order chi connectivity index (χ1) is 12.5. The minimum Gasteiger partial charge on any atom is -0.399 e. The Hall–Kier alpha value is -3.28. The van der Waals surface area contributed by atoms with E-state index >= 15 is 0 Å². The average Bonchev–Trinajstić information content (AvgIpc) is 3.24. The SMILES string of the molecule is CCn1ccc2ccc(N)cc21.CCn1ccc2ccc([N+](=O)[O-])cc21. The van der Waals surface area contributed by atoms with Gasteiger partial charge in [-0.3, -0.25) is 10.1 Å². The second-order valence-corrected chi connectivity index (χ2v) is 6.02. The molecule has 2 aromatic carbocycles. The molecule has 4 rings (SSSR count). The zero-order valence-corrected chi connectivity index (χ0v) is 14.9. The van der Waals surface area contributed by atoms with Crippen LogP contribution in [0.4, 0.5) is 11.4 Å². The maximum Gasteiger partial charge on any atom is 0.271 e. The fraction of sp³-hybridized carbons (Fsp3) is 0.200. The van der Waals surface area contributed by atoms with Gasteiger partial charge in [0.25, 0.3) is 5.69 Å². The highest BCUT2D eigenvalue weighted by molar-refractivity contribution is 5.83. The minimum absolute atomic E-state index is 0.144. The summed E-state index contributed by atoms with van der Waals surface area (Å²) in [7, 11) is 0. The monoisotopic (exact) mass is 350 g/mol. The second kappa shape index (κ2) is 7.31. The molecule has 0 aliphatic heterocycles. The molecule has 0 fully saturated rings. The highest BCUT2D eigenvalue weighted by Gasteiger charge is 2.07. The number of anilines is 1. The Bertz CT molecular complexity index is 1060. The number of nitrogens with zero attached hydrogens (tertiary/aromatic N) is 3. The fourth-order valence-corrected chi connectivity index (χ4v) is 3.04. The number of fused-ring (bicyclic) bond motifs is 2. The van der Waals surface area contributed by atoms with Crippen LogP contribution in [0.3, 0.4) is 0 Å². The highest BCUT2D eigenvalue weighted by atomic mass is 16.6. The van der Waals surface area contributed by atoms with Crippen molar-refractivity contribution in [3.8, 4) is 0 Å². The molecule has 2 N–H and O–H groups in total. The molecule has 6 nitrogen and oxygen atoms in total. The third-order valence-corrected chi connectivity index (χ3v) is 4.45. The number of non-ortho nitro benzene ring substituents is 1. The van der Waals surface area contributed by atoms with E-state index in [1.54, 1.807) is 12.1 Å². The van der Waals surface area contributed by atoms with Crippen LogP contribution >= 0.6 is 0 Å². The maximum atomic E-state index is 10.6. The molecule has 0 saturated heterocycles. The van der Waals surface area contributed by atoms with Crippen molar-refractivity contribution in [2.75, 3.05) is 5.73 Å². The largest absolute Gasteiger partial charge is 0.399 e. The van der Waals surface area contributed by atoms with E-state index in [1.807, 2.05) is 35.9 Å². The van der Waals surface area contributed by atoms with E-state index in [0.29, 0.717) is 0 Å². The standard InChI is InChI=1S/C10H10N2O2.C10H12N2/c1-2-11-6-5-8-3-4-9(12(13)14)7-10(8)11;1-2-12-6-5-8-3-4-9(11)7-10(8)12/h3-7H,2H2,1H3;3-7H,2,11H2,1H3. The number of nitro benzene ring substituents is 1. The summed E-state index contributed by atoms with van der Waals surface area (Å²) in [6, 6.07) is 15.0. The zero-order chi connectivity index (χ0) is 18.7. The van der Waals surface area contributed by atoms with Gasteiger partial charge in [-0.15, -0.1) is 0 Å². The summed E-state index contributed by atoms with van der Waals surface area (Å²) in [6.07, 6.45) is 4.03. The maximum absolute atomic E-state index is 10.6. The number of aromatic nitrogens is 2. The van der Waals surface area contributed by atoms with Crippen LogP contribution in [-0.2, 0) is 13.1 Å². The number of nitro groups is 1. The lowest BCUT2D eigenvalue weighted by Gasteiger charge is -2.00. The van der Waals surface area contributed by atoms with Crippen molar-refractivity contribution in [2.24, 2.45) is 0 Å². The summed E-state index contributed by atoms with van der Waals surface area (Å²) >= 11 is 0. The van der Waals surface area contributed by atoms with E-state index < -0.39 is 0 Å². The van der Waals surface area contributed by atoms with Crippen molar-refractivity contribution in [2.45, 2.75) is 26.9 Å². The quantitative estimate of drug-likeness (QED) is 0.327. The molecule has 26 heavy (non-hydrogen) atoms. The number of aryl methyl sites for hydroxylation is 2. The van der Waals surface area contributed by atoms with Crippen LogP contribution in [0.5, 0.6) is 0 Å². The van der Waals surface area contributed by atoms with E-state index in [-0.39, 0.29) is 10.6 Å². The van der Waals surface area contributed by atoms with E-state index in [4.69, 9.17) is 5.73 Å². The van der Waals surface area contributed by atoms with Gasteiger partial charge < -0.3 is 14.9 Å². The van der Waals surface area contributed by atoms with Crippen LogP contribution in [0.15, 0.2) is 60.9 Å². The van der Waals surface area contributed by atoms with E-state index in [2.05, 4.69) is 29.8 Å². The third kappa shape index (κ3) is 3.39. The van der Waals surface area contributed by atoms with Gasteiger partial charge in [0.05, 0.1) is 16.0 Å². The molecule has 0 aliphatic rings. The van der Waals surface area contributed by atoms with Crippen LogP contribution < -0.4 is 5.73 Å². The molecule has 0 amide bonds. The molecule has 134 valence electrons. The van der Waals surface area contributed by atoms with Crippen molar-refractivity contribution in [1.29, 1.82) is 0 Å². The molecular formula is C20H22N4O2. The van der Waals surface area contributed by atoms with E-state index in [9.17, 15) is 10.1 Å². The first-order valence-electron chi connectivity index (χ1n) is 8.61. The first-order valence-corrected chi connectivity index (χ1v) is 8.61. The average molecular weight is 350 g/mol. The fourth-order valence-electron chi connectivity index (χ4n) is 3.04. The molecule has 0 aliphatic carbocycles. The minimum atomic E-state index is -0.369. The molecule has 2 heterocycles. The van der Waals surface area contributed by atoms with Gasteiger partial charge in [-0.05, 0) is 49.6 Å². The Labute approximate surface area is 151 Å². The lowest BCUT2D eigenvalue weighted by atomic mass is 10.2. The molecular weight excluding hydrogens is 328 g/mol. The van der Waals surface area contributed by atoms with Crippen LogP contribution in [0, 0.1) is 10.1 Å². The van der Waals surface area contributed by atoms with Crippen molar-refractivity contribution >= 4 is 33.2 Å². The Morgan fingerprint density at radius 3 is 1.96 bits per heavy atom. The number of nitrogens with two attached hydrogens (primary N) is 1. The summed E-state index contributed by atoms with van der Waals surface area (Å²) in [5.41, 5.74) is 8.81. The van der Waals surface area contributed by atoms with Crippen LogP contribution in [0.25, 0.3) is 21.8 Å². The predicted molar refractivity (Wildman–Crippen MR) is 106 cm³/mol. The molecule has 6 heteroatoms. The lowest BCUT2D eigenvalue weighted by molar-refractivity contribution is -0.384. The van der Waals surface area contributed by atoms with Crippen molar-refractivity contribution in [1.82, 2.24) is 9.13 Å². The Morgan fingerprint density at radius 2 is 1.42 bits per heavy atom. The van der Waals surface area contributed by atoms with E-state index in [1.165, 1.54) is 17.0 Å². The molecule has 0 saturated carbocycles. The van der Waals surface area contributed by atoms with Gasteiger partial charge in [-0.2, -0.15) is 0 Å². The third-order valence-electron chi connectivity index (χ3n) is 4.45. The Balaban J connectivity index is 0.000000152. The number of hydrogen-bond donors (Lipinski definition) is 1. The molecule has 2 aromatic heterocycles. The normalized spacial score (nSPS) is 10.7. The smallest absolute Gasteiger partial charge is 0.271 e. The second-order valence-electron chi connectivity index (χ2n) is 6.02.